The van der Waals surface area contributed by atoms with Gasteiger partial charge < -0.3 is 4.90 Å². The van der Waals surface area contributed by atoms with Crippen LogP contribution in [0.2, 0.25) is 0 Å². The standard InChI is InChI=1S/C50H36FN/c1-49(2)43-25-15-14-22-38(43)39-28-26-36(30-44(39)49)52(35-20-10-5-11-21-35)37-27-29-42-45(31-37)50(33-16-6-3-7-17-33,34-18-8-4-9-19-34)46-32-47(51)40-23-12-13-24-41(40)48(42)46/h3-32H,1-2H3. The maximum atomic E-state index is 16.4. The Balaban J connectivity index is 1.27. The van der Waals surface area contributed by atoms with E-state index in [0.29, 0.717) is 5.39 Å². The zero-order chi connectivity index (χ0) is 35.0. The van der Waals surface area contributed by atoms with Crippen molar-refractivity contribution in [2.45, 2.75) is 24.7 Å². The average molecular weight is 670 g/mol. The van der Waals surface area contributed by atoms with Crippen LogP contribution in [0, 0.1) is 5.82 Å². The van der Waals surface area contributed by atoms with E-state index in [-0.39, 0.29) is 11.2 Å². The van der Waals surface area contributed by atoms with Crippen molar-refractivity contribution in [1.82, 2.24) is 0 Å². The molecule has 0 unspecified atom stereocenters. The van der Waals surface area contributed by atoms with Crippen LogP contribution in [0.15, 0.2) is 182 Å². The maximum absolute atomic E-state index is 16.4. The van der Waals surface area contributed by atoms with Crippen LogP contribution < -0.4 is 4.90 Å². The molecular weight excluding hydrogens is 634 g/mol. The summed E-state index contributed by atoms with van der Waals surface area (Å²) in [5.74, 6) is -0.203. The van der Waals surface area contributed by atoms with Crippen molar-refractivity contribution in [2.75, 3.05) is 4.90 Å². The summed E-state index contributed by atoms with van der Waals surface area (Å²) in [6.45, 7) is 4.66. The molecule has 1 nitrogen and oxygen atoms in total. The number of nitrogens with zero attached hydrogens (tertiary/aromatic N) is 1. The fraction of sp³-hybridized carbons (Fsp3) is 0.0800. The lowest BCUT2D eigenvalue weighted by Crippen LogP contribution is -2.29. The molecule has 8 aromatic carbocycles. The Morgan fingerprint density at radius 1 is 0.404 bits per heavy atom. The molecule has 0 radical (unpaired) electrons. The van der Waals surface area contributed by atoms with Crippen LogP contribution in [0.1, 0.15) is 47.2 Å². The Hall–Kier alpha value is -6.25. The third-order valence-corrected chi connectivity index (χ3v) is 11.6. The van der Waals surface area contributed by atoms with Crippen LogP contribution in [0.25, 0.3) is 33.0 Å². The fourth-order valence-corrected chi connectivity index (χ4v) is 9.28. The molecule has 0 N–H and O–H groups in total. The van der Waals surface area contributed by atoms with Crippen LogP contribution in [0.4, 0.5) is 21.5 Å². The topological polar surface area (TPSA) is 3.24 Å². The molecular formula is C50H36FN. The summed E-state index contributed by atoms with van der Waals surface area (Å²) >= 11 is 0. The highest BCUT2D eigenvalue weighted by Gasteiger charge is 2.47. The summed E-state index contributed by atoms with van der Waals surface area (Å²) in [6, 6.07) is 64.2. The van der Waals surface area contributed by atoms with E-state index in [0.717, 1.165) is 55.8 Å². The van der Waals surface area contributed by atoms with Gasteiger partial charge in [-0.25, -0.2) is 4.39 Å². The number of anilines is 3. The molecule has 0 aliphatic heterocycles. The zero-order valence-electron chi connectivity index (χ0n) is 29.1. The van der Waals surface area contributed by atoms with Crippen LogP contribution in [0.3, 0.4) is 0 Å². The molecule has 0 saturated carbocycles. The van der Waals surface area contributed by atoms with Crippen LogP contribution in [0.5, 0.6) is 0 Å². The quantitative estimate of drug-likeness (QED) is 0.176. The second-order valence-electron chi connectivity index (χ2n) is 14.6. The number of para-hydroxylation sites is 1. The average Bonchev–Trinajstić information content (AvgIpc) is 3.61. The van der Waals surface area contributed by atoms with E-state index in [9.17, 15) is 0 Å². The first kappa shape index (κ1) is 30.6. The second kappa shape index (κ2) is 11.4. The summed E-state index contributed by atoms with van der Waals surface area (Å²) in [7, 11) is 0. The largest absolute Gasteiger partial charge is 0.310 e. The lowest BCUT2D eigenvalue weighted by atomic mass is 9.67. The number of hydrogen-bond acceptors (Lipinski definition) is 1. The smallest absolute Gasteiger partial charge is 0.131 e. The normalized spacial score (nSPS) is 14.4. The fourth-order valence-electron chi connectivity index (χ4n) is 9.28. The van der Waals surface area contributed by atoms with E-state index in [1.165, 1.54) is 22.3 Å². The van der Waals surface area contributed by atoms with Crippen molar-refractivity contribution in [1.29, 1.82) is 0 Å². The van der Waals surface area contributed by atoms with Gasteiger partial charge in [0.2, 0.25) is 0 Å². The van der Waals surface area contributed by atoms with E-state index in [2.05, 4.69) is 176 Å². The minimum absolute atomic E-state index is 0.134. The van der Waals surface area contributed by atoms with Crippen molar-refractivity contribution in [3.8, 4) is 22.3 Å². The summed E-state index contributed by atoms with van der Waals surface area (Å²) in [5.41, 5.74) is 14.2. The van der Waals surface area contributed by atoms with Crippen molar-refractivity contribution in [2.24, 2.45) is 0 Å². The Labute approximate surface area is 304 Å². The van der Waals surface area contributed by atoms with Gasteiger partial charge in [0.25, 0.3) is 0 Å². The van der Waals surface area contributed by atoms with Gasteiger partial charge in [-0.3, -0.25) is 0 Å². The first-order chi connectivity index (χ1) is 25.5. The number of halogens is 1. The van der Waals surface area contributed by atoms with Gasteiger partial charge in [0.15, 0.2) is 0 Å². The van der Waals surface area contributed by atoms with Crippen molar-refractivity contribution in [3.63, 3.8) is 0 Å². The predicted molar refractivity (Wildman–Crippen MR) is 213 cm³/mol. The molecule has 0 saturated heterocycles. The van der Waals surface area contributed by atoms with Gasteiger partial charge in [-0.2, -0.15) is 0 Å². The Kier molecular flexibility index (Phi) is 6.69. The van der Waals surface area contributed by atoms with Gasteiger partial charge in [-0.15, -0.1) is 0 Å². The number of fused-ring (bicyclic) bond motifs is 8. The highest BCUT2D eigenvalue weighted by Crippen LogP contribution is 2.59. The highest BCUT2D eigenvalue weighted by molar-refractivity contribution is 6.05. The maximum Gasteiger partial charge on any atom is 0.131 e. The number of benzene rings is 8. The minimum Gasteiger partial charge on any atom is -0.310 e. The Bertz CT molecular complexity index is 2620. The highest BCUT2D eigenvalue weighted by atomic mass is 19.1. The first-order valence-corrected chi connectivity index (χ1v) is 18.0. The molecule has 2 aliphatic rings. The van der Waals surface area contributed by atoms with Gasteiger partial charge in [0.1, 0.15) is 5.82 Å². The van der Waals surface area contributed by atoms with Gasteiger partial charge in [0, 0.05) is 27.9 Å². The molecule has 0 bridgehead atoms. The van der Waals surface area contributed by atoms with Gasteiger partial charge in [0.05, 0.1) is 5.41 Å². The molecule has 0 amide bonds. The van der Waals surface area contributed by atoms with E-state index in [4.69, 9.17) is 0 Å². The van der Waals surface area contributed by atoms with Gasteiger partial charge >= 0.3 is 0 Å². The molecule has 248 valence electrons. The van der Waals surface area contributed by atoms with E-state index >= 15 is 4.39 Å². The lowest BCUT2D eigenvalue weighted by molar-refractivity contribution is 0.633. The molecule has 2 heteroatoms. The van der Waals surface area contributed by atoms with Gasteiger partial charge in [-0.1, -0.05) is 153 Å². The second-order valence-corrected chi connectivity index (χ2v) is 14.6. The summed E-state index contributed by atoms with van der Waals surface area (Å²) in [6.07, 6.45) is 0. The van der Waals surface area contributed by atoms with Crippen molar-refractivity contribution >= 4 is 27.8 Å². The molecule has 0 heterocycles. The lowest BCUT2D eigenvalue weighted by Gasteiger charge is -2.35. The molecule has 2 aliphatic carbocycles. The molecule has 0 spiro atoms. The predicted octanol–water partition coefficient (Wildman–Crippen LogP) is 13.1. The van der Waals surface area contributed by atoms with Crippen LogP contribution in [-0.2, 0) is 10.8 Å². The molecule has 0 aromatic heterocycles. The monoisotopic (exact) mass is 669 g/mol. The molecule has 0 atom stereocenters. The summed E-state index contributed by atoms with van der Waals surface area (Å²) in [5, 5.41) is 1.57. The number of hydrogen-bond donors (Lipinski definition) is 0. The zero-order valence-corrected chi connectivity index (χ0v) is 29.1. The molecule has 8 aromatic rings. The first-order valence-electron chi connectivity index (χ1n) is 18.0. The van der Waals surface area contributed by atoms with E-state index < -0.39 is 5.41 Å². The van der Waals surface area contributed by atoms with E-state index in [1.807, 2.05) is 18.2 Å². The third-order valence-electron chi connectivity index (χ3n) is 11.6. The number of rotatable bonds is 5. The minimum atomic E-state index is -0.752. The Morgan fingerprint density at radius 2 is 0.923 bits per heavy atom. The van der Waals surface area contributed by atoms with Crippen molar-refractivity contribution in [3.05, 3.63) is 221 Å². The third kappa shape index (κ3) is 4.21. The molecule has 0 fully saturated rings. The van der Waals surface area contributed by atoms with Gasteiger partial charge in [-0.05, 0) is 103 Å². The SMILES string of the molecule is CC1(C)c2ccccc2-c2ccc(N(c3ccccc3)c3ccc4c(c3)C(c3ccccc3)(c3ccccc3)c3cc(F)c5ccccc5c3-4)cc21. The Morgan fingerprint density at radius 3 is 1.60 bits per heavy atom. The van der Waals surface area contributed by atoms with Crippen LogP contribution in [-0.4, -0.2) is 0 Å². The van der Waals surface area contributed by atoms with Crippen LogP contribution >= 0.6 is 0 Å². The van der Waals surface area contributed by atoms with E-state index in [1.54, 1.807) is 6.07 Å². The molecule has 10 rings (SSSR count). The summed E-state index contributed by atoms with van der Waals surface area (Å²) < 4.78 is 16.4. The summed E-state index contributed by atoms with van der Waals surface area (Å²) in [4.78, 5) is 2.38. The van der Waals surface area contributed by atoms with Crippen molar-refractivity contribution < 1.29 is 4.39 Å². The molecule has 52 heavy (non-hydrogen) atoms.